The number of nitrogens with zero attached hydrogens (tertiary/aromatic N) is 2. The number of rotatable bonds is 5. The second-order valence-electron chi connectivity index (χ2n) is 4.55. The molecule has 1 aromatic heterocycles. The maximum atomic E-state index is 6.02. The molecule has 106 valence electrons. The summed E-state index contributed by atoms with van der Waals surface area (Å²) in [6.45, 7) is 1.14. The molecule has 0 spiro atoms. The van der Waals surface area contributed by atoms with E-state index in [0.29, 0.717) is 11.6 Å². The highest BCUT2D eigenvalue weighted by atomic mass is 35.5. The summed E-state index contributed by atoms with van der Waals surface area (Å²) in [5.41, 5.74) is 7.71. The van der Waals surface area contributed by atoms with Crippen LogP contribution in [0.3, 0.4) is 0 Å². The van der Waals surface area contributed by atoms with Gasteiger partial charge in [0.2, 0.25) is 0 Å². The van der Waals surface area contributed by atoms with Gasteiger partial charge < -0.3 is 15.4 Å². The third-order valence-corrected chi connectivity index (χ3v) is 3.43. The van der Waals surface area contributed by atoms with Gasteiger partial charge >= 0.3 is 0 Å². The number of ether oxygens (including phenoxy) is 1. The van der Waals surface area contributed by atoms with Crippen LogP contribution >= 0.6 is 11.6 Å². The van der Waals surface area contributed by atoms with Gasteiger partial charge in [0.1, 0.15) is 11.6 Å². The van der Waals surface area contributed by atoms with Crippen molar-refractivity contribution in [2.75, 3.05) is 19.1 Å². The molecule has 20 heavy (non-hydrogen) atoms. The number of hydrogen-bond acceptors (Lipinski definition) is 4. The van der Waals surface area contributed by atoms with E-state index in [4.69, 9.17) is 22.1 Å². The van der Waals surface area contributed by atoms with Crippen molar-refractivity contribution in [3.8, 4) is 5.75 Å². The van der Waals surface area contributed by atoms with Crippen LogP contribution in [0.15, 0.2) is 36.5 Å². The summed E-state index contributed by atoms with van der Waals surface area (Å²) in [6.07, 6.45) is 1.64. The maximum Gasteiger partial charge on any atom is 0.128 e. The topological polar surface area (TPSA) is 51.4 Å². The van der Waals surface area contributed by atoms with E-state index in [1.807, 2.05) is 36.2 Å². The van der Waals surface area contributed by atoms with Crippen LogP contribution in [0, 0.1) is 0 Å². The van der Waals surface area contributed by atoms with Gasteiger partial charge in [-0.2, -0.15) is 0 Å². The molecule has 0 saturated heterocycles. The van der Waals surface area contributed by atoms with Gasteiger partial charge in [0, 0.05) is 26.3 Å². The lowest BCUT2D eigenvalue weighted by Gasteiger charge is -2.19. The molecule has 0 aliphatic rings. The Balaban J connectivity index is 2.16. The quantitative estimate of drug-likeness (QED) is 0.920. The molecule has 0 unspecified atom stereocenters. The molecule has 0 atom stereocenters. The fourth-order valence-corrected chi connectivity index (χ4v) is 2.14. The summed E-state index contributed by atoms with van der Waals surface area (Å²) < 4.78 is 5.23. The van der Waals surface area contributed by atoms with Gasteiger partial charge in [-0.3, -0.25) is 0 Å². The first-order chi connectivity index (χ1) is 9.63. The Morgan fingerprint density at radius 2 is 2.15 bits per heavy atom. The second-order valence-corrected chi connectivity index (χ2v) is 4.95. The molecular weight excluding hydrogens is 274 g/mol. The predicted octanol–water partition coefficient (Wildman–Crippen LogP) is 2.84. The molecule has 5 heteroatoms. The largest absolute Gasteiger partial charge is 0.497 e. The zero-order valence-electron chi connectivity index (χ0n) is 11.6. The molecule has 2 aromatic rings. The monoisotopic (exact) mass is 291 g/mol. The number of methoxy groups -OCH3 is 1. The molecule has 0 amide bonds. The average Bonchev–Trinajstić information content (AvgIpc) is 2.47. The van der Waals surface area contributed by atoms with Gasteiger partial charge in [-0.25, -0.2) is 4.98 Å². The van der Waals surface area contributed by atoms with Crippen LogP contribution < -0.4 is 15.4 Å². The van der Waals surface area contributed by atoms with E-state index in [-0.39, 0.29) is 0 Å². The minimum Gasteiger partial charge on any atom is -0.497 e. The van der Waals surface area contributed by atoms with Gasteiger partial charge in [0.25, 0.3) is 0 Å². The van der Waals surface area contributed by atoms with Crippen molar-refractivity contribution < 1.29 is 4.74 Å². The van der Waals surface area contributed by atoms with Gasteiger partial charge in [-0.1, -0.05) is 23.7 Å². The van der Waals surface area contributed by atoms with Crippen LogP contribution in [0.25, 0.3) is 0 Å². The van der Waals surface area contributed by atoms with E-state index < -0.39 is 0 Å². The Bertz CT molecular complexity index is 589. The Kier molecular flexibility index (Phi) is 4.82. The first kappa shape index (κ1) is 14.6. The highest BCUT2D eigenvalue weighted by molar-refractivity contribution is 6.31. The van der Waals surface area contributed by atoms with Crippen molar-refractivity contribution in [1.29, 1.82) is 0 Å². The van der Waals surface area contributed by atoms with Gasteiger partial charge in [0.15, 0.2) is 0 Å². The van der Waals surface area contributed by atoms with Crippen LogP contribution in [0.5, 0.6) is 5.75 Å². The van der Waals surface area contributed by atoms with E-state index in [1.54, 1.807) is 13.3 Å². The number of anilines is 1. The van der Waals surface area contributed by atoms with Gasteiger partial charge in [-0.05, 0) is 29.3 Å². The lowest BCUT2D eigenvalue weighted by atomic mass is 10.2. The number of halogens is 1. The number of hydrogen-bond donors (Lipinski definition) is 1. The smallest absolute Gasteiger partial charge is 0.128 e. The Hall–Kier alpha value is -1.78. The van der Waals surface area contributed by atoms with Crippen molar-refractivity contribution >= 4 is 17.4 Å². The number of nitrogens with two attached hydrogens (primary N) is 1. The Morgan fingerprint density at radius 3 is 2.85 bits per heavy atom. The molecule has 4 nitrogen and oxygen atoms in total. The van der Waals surface area contributed by atoms with Crippen molar-refractivity contribution in [3.63, 3.8) is 0 Å². The van der Waals surface area contributed by atoms with Crippen molar-refractivity contribution in [1.82, 2.24) is 4.98 Å². The maximum absolute atomic E-state index is 6.02. The SMILES string of the molecule is COc1cccc(CN(C)c2cc(CN)c(Cl)cn2)c1. The van der Waals surface area contributed by atoms with Crippen LogP contribution in [0.4, 0.5) is 5.82 Å². The van der Waals surface area contributed by atoms with Crippen molar-refractivity contribution in [2.45, 2.75) is 13.1 Å². The minimum absolute atomic E-state index is 0.404. The fourth-order valence-electron chi connectivity index (χ4n) is 1.96. The summed E-state index contributed by atoms with van der Waals surface area (Å²) in [6, 6.07) is 9.89. The molecule has 0 fully saturated rings. The van der Waals surface area contributed by atoms with Crippen molar-refractivity contribution in [2.24, 2.45) is 5.73 Å². The third-order valence-electron chi connectivity index (χ3n) is 3.09. The normalized spacial score (nSPS) is 10.4. The van der Waals surface area contributed by atoms with Crippen molar-refractivity contribution in [3.05, 3.63) is 52.7 Å². The molecule has 1 aromatic carbocycles. The summed E-state index contributed by atoms with van der Waals surface area (Å²) in [4.78, 5) is 6.38. The number of benzene rings is 1. The molecule has 0 radical (unpaired) electrons. The first-order valence-electron chi connectivity index (χ1n) is 6.32. The number of aromatic nitrogens is 1. The summed E-state index contributed by atoms with van der Waals surface area (Å²) in [7, 11) is 3.65. The van der Waals surface area contributed by atoms with Crippen LogP contribution in [0.1, 0.15) is 11.1 Å². The molecule has 0 aliphatic heterocycles. The highest BCUT2D eigenvalue weighted by Crippen LogP contribution is 2.21. The van der Waals surface area contributed by atoms with E-state index in [1.165, 1.54) is 0 Å². The van der Waals surface area contributed by atoms with E-state index in [2.05, 4.69) is 11.1 Å². The van der Waals surface area contributed by atoms with E-state index in [0.717, 1.165) is 29.2 Å². The zero-order valence-corrected chi connectivity index (χ0v) is 12.4. The molecule has 2 rings (SSSR count). The predicted molar refractivity (Wildman–Crippen MR) is 82.2 cm³/mol. The second kappa shape index (κ2) is 6.59. The molecule has 1 heterocycles. The van der Waals surface area contributed by atoms with E-state index >= 15 is 0 Å². The molecule has 2 N–H and O–H groups in total. The Labute approximate surface area is 124 Å². The molecule has 0 saturated carbocycles. The summed E-state index contributed by atoms with van der Waals surface area (Å²) in [5, 5.41) is 0.603. The summed E-state index contributed by atoms with van der Waals surface area (Å²) in [5.74, 6) is 1.69. The third kappa shape index (κ3) is 3.40. The molecule has 0 bridgehead atoms. The molecule has 0 aliphatic carbocycles. The lowest BCUT2D eigenvalue weighted by molar-refractivity contribution is 0.414. The first-order valence-corrected chi connectivity index (χ1v) is 6.70. The summed E-state index contributed by atoms with van der Waals surface area (Å²) >= 11 is 6.02. The van der Waals surface area contributed by atoms with Crippen LogP contribution in [-0.2, 0) is 13.1 Å². The average molecular weight is 292 g/mol. The highest BCUT2D eigenvalue weighted by Gasteiger charge is 2.07. The fraction of sp³-hybridized carbons (Fsp3) is 0.267. The molecular formula is C15H18ClN3O. The number of pyridine rings is 1. The standard InChI is InChI=1S/C15H18ClN3O/c1-19(10-11-4-3-5-13(6-11)20-2)15-7-12(8-17)14(16)9-18-15/h3-7,9H,8,10,17H2,1-2H3. The van der Waals surface area contributed by atoms with Crippen LogP contribution in [0.2, 0.25) is 5.02 Å². The van der Waals surface area contributed by atoms with Gasteiger partial charge in [-0.15, -0.1) is 0 Å². The lowest BCUT2D eigenvalue weighted by Crippen LogP contribution is -2.18. The Morgan fingerprint density at radius 1 is 1.35 bits per heavy atom. The van der Waals surface area contributed by atoms with E-state index in [9.17, 15) is 0 Å². The van der Waals surface area contributed by atoms with Gasteiger partial charge in [0.05, 0.1) is 12.1 Å². The van der Waals surface area contributed by atoms with Crippen LogP contribution in [-0.4, -0.2) is 19.1 Å². The zero-order chi connectivity index (χ0) is 14.5. The minimum atomic E-state index is 0.404.